The number of ether oxygens (including phenoxy) is 1. The number of hydrogen-bond donors (Lipinski definition) is 1. The van der Waals surface area contributed by atoms with E-state index in [0.717, 1.165) is 34.6 Å². The van der Waals surface area contributed by atoms with Crippen molar-refractivity contribution in [2.45, 2.75) is 27.3 Å². The van der Waals surface area contributed by atoms with Crippen LogP contribution in [0.25, 0.3) is 5.69 Å². The zero-order valence-corrected chi connectivity index (χ0v) is 14.6. The summed E-state index contributed by atoms with van der Waals surface area (Å²) >= 11 is 3.59. The molecule has 0 radical (unpaired) electrons. The third kappa shape index (κ3) is 3.73. The molecule has 0 aliphatic rings. The highest BCUT2D eigenvalue weighted by Gasteiger charge is 2.13. The van der Waals surface area contributed by atoms with Crippen molar-refractivity contribution in [3.63, 3.8) is 0 Å². The Morgan fingerprint density at radius 1 is 1.29 bits per heavy atom. The van der Waals surface area contributed by atoms with E-state index in [1.165, 1.54) is 11.1 Å². The molecule has 0 amide bonds. The standard InChI is InChI=1S/C16H22BrN3O/c1-11-5-6-15(14(9-11)10-18-7-8-21-4)20-13(3)16(17)12(2)19-20/h5-6,9,18H,7-8,10H2,1-4H3. The summed E-state index contributed by atoms with van der Waals surface area (Å²) in [5.41, 5.74) is 5.74. The lowest BCUT2D eigenvalue weighted by Crippen LogP contribution is -2.20. The lowest BCUT2D eigenvalue weighted by atomic mass is 10.1. The Morgan fingerprint density at radius 2 is 2.05 bits per heavy atom. The highest BCUT2D eigenvalue weighted by atomic mass is 79.9. The fourth-order valence-electron chi connectivity index (χ4n) is 2.32. The average Bonchev–Trinajstić information content (AvgIpc) is 2.71. The summed E-state index contributed by atoms with van der Waals surface area (Å²) in [5, 5.41) is 8.04. The molecular formula is C16H22BrN3O. The monoisotopic (exact) mass is 351 g/mol. The van der Waals surface area contributed by atoms with E-state index in [0.29, 0.717) is 6.61 Å². The molecule has 0 bridgehead atoms. The number of methoxy groups -OCH3 is 1. The van der Waals surface area contributed by atoms with Gasteiger partial charge in [0.05, 0.1) is 28.2 Å². The minimum Gasteiger partial charge on any atom is -0.383 e. The maximum absolute atomic E-state index is 5.07. The molecule has 2 rings (SSSR count). The van der Waals surface area contributed by atoms with Crippen molar-refractivity contribution < 1.29 is 4.74 Å². The van der Waals surface area contributed by atoms with Gasteiger partial charge in [-0.05, 0) is 48.3 Å². The summed E-state index contributed by atoms with van der Waals surface area (Å²) in [6.07, 6.45) is 0. The van der Waals surface area contributed by atoms with Crippen LogP contribution in [0.5, 0.6) is 0 Å². The van der Waals surface area contributed by atoms with Gasteiger partial charge in [0, 0.05) is 20.2 Å². The zero-order valence-electron chi connectivity index (χ0n) is 13.0. The normalized spacial score (nSPS) is 11.1. The summed E-state index contributed by atoms with van der Waals surface area (Å²) in [4.78, 5) is 0. The summed E-state index contributed by atoms with van der Waals surface area (Å²) in [6.45, 7) is 8.55. The van der Waals surface area contributed by atoms with Crippen LogP contribution in [-0.4, -0.2) is 30.0 Å². The van der Waals surface area contributed by atoms with Crippen molar-refractivity contribution in [1.82, 2.24) is 15.1 Å². The van der Waals surface area contributed by atoms with Crippen LogP contribution in [0.3, 0.4) is 0 Å². The quantitative estimate of drug-likeness (QED) is 0.811. The van der Waals surface area contributed by atoms with Gasteiger partial charge in [0.2, 0.25) is 0 Å². The first-order valence-corrected chi connectivity index (χ1v) is 7.85. The molecule has 1 heterocycles. The van der Waals surface area contributed by atoms with Gasteiger partial charge >= 0.3 is 0 Å². The second kappa shape index (κ2) is 7.20. The van der Waals surface area contributed by atoms with E-state index < -0.39 is 0 Å². The van der Waals surface area contributed by atoms with Crippen LogP contribution < -0.4 is 5.32 Å². The van der Waals surface area contributed by atoms with E-state index in [4.69, 9.17) is 4.74 Å². The molecule has 0 atom stereocenters. The maximum atomic E-state index is 5.07. The molecule has 0 unspecified atom stereocenters. The zero-order chi connectivity index (χ0) is 15.4. The van der Waals surface area contributed by atoms with Crippen molar-refractivity contribution in [3.8, 4) is 5.69 Å². The van der Waals surface area contributed by atoms with E-state index in [-0.39, 0.29) is 0 Å². The Bertz CT molecular complexity index is 622. The van der Waals surface area contributed by atoms with E-state index in [1.807, 2.05) is 11.6 Å². The van der Waals surface area contributed by atoms with Crippen LogP contribution in [0.15, 0.2) is 22.7 Å². The van der Waals surface area contributed by atoms with Gasteiger partial charge in [-0.25, -0.2) is 4.68 Å². The highest BCUT2D eigenvalue weighted by molar-refractivity contribution is 9.10. The molecule has 0 fully saturated rings. The summed E-state index contributed by atoms with van der Waals surface area (Å²) < 4.78 is 8.15. The van der Waals surface area contributed by atoms with E-state index in [1.54, 1.807) is 7.11 Å². The topological polar surface area (TPSA) is 39.1 Å². The number of hydrogen-bond acceptors (Lipinski definition) is 3. The van der Waals surface area contributed by atoms with E-state index in [2.05, 4.69) is 58.4 Å². The predicted molar refractivity (Wildman–Crippen MR) is 89.1 cm³/mol. The van der Waals surface area contributed by atoms with E-state index >= 15 is 0 Å². The fraction of sp³-hybridized carbons (Fsp3) is 0.438. The van der Waals surface area contributed by atoms with Crippen molar-refractivity contribution in [1.29, 1.82) is 0 Å². The molecule has 0 spiro atoms. The molecular weight excluding hydrogens is 330 g/mol. The van der Waals surface area contributed by atoms with Gasteiger partial charge in [-0.15, -0.1) is 0 Å². The second-order valence-corrected chi connectivity index (χ2v) is 5.99. The van der Waals surface area contributed by atoms with Gasteiger partial charge in [0.15, 0.2) is 0 Å². The molecule has 21 heavy (non-hydrogen) atoms. The van der Waals surface area contributed by atoms with Crippen LogP contribution in [0.2, 0.25) is 0 Å². The maximum Gasteiger partial charge on any atom is 0.0743 e. The van der Waals surface area contributed by atoms with E-state index in [9.17, 15) is 0 Å². The van der Waals surface area contributed by atoms with Crippen LogP contribution in [0.4, 0.5) is 0 Å². The van der Waals surface area contributed by atoms with Crippen molar-refractivity contribution in [3.05, 3.63) is 45.2 Å². The second-order valence-electron chi connectivity index (χ2n) is 5.20. The fourth-order valence-corrected chi connectivity index (χ4v) is 2.57. The van der Waals surface area contributed by atoms with Gasteiger partial charge in [-0.1, -0.05) is 17.7 Å². The average molecular weight is 352 g/mol. The van der Waals surface area contributed by atoms with Crippen LogP contribution >= 0.6 is 15.9 Å². The van der Waals surface area contributed by atoms with Crippen LogP contribution in [-0.2, 0) is 11.3 Å². The van der Waals surface area contributed by atoms with Gasteiger partial charge in [-0.2, -0.15) is 5.10 Å². The first kappa shape index (κ1) is 16.2. The molecule has 5 heteroatoms. The Morgan fingerprint density at radius 3 is 2.67 bits per heavy atom. The lowest BCUT2D eigenvalue weighted by molar-refractivity contribution is 0.199. The van der Waals surface area contributed by atoms with Crippen LogP contribution in [0, 0.1) is 20.8 Å². The minimum absolute atomic E-state index is 0.715. The number of benzene rings is 1. The summed E-state index contributed by atoms with van der Waals surface area (Å²) in [5.74, 6) is 0. The van der Waals surface area contributed by atoms with Crippen LogP contribution in [0.1, 0.15) is 22.5 Å². The van der Waals surface area contributed by atoms with Crippen molar-refractivity contribution in [2.24, 2.45) is 0 Å². The molecule has 4 nitrogen and oxygen atoms in total. The SMILES string of the molecule is COCCNCc1cc(C)ccc1-n1nc(C)c(Br)c1C. The molecule has 0 saturated carbocycles. The van der Waals surface area contributed by atoms with Gasteiger partial charge in [0.1, 0.15) is 0 Å². The molecule has 1 aromatic carbocycles. The largest absolute Gasteiger partial charge is 0.383 e. The number of aromatic nitrogens is 2. The first-order valence-electron chi connectivity index (χ1n) is 7.06. The molecule has 0 aliphatic carbocycles. The molecule has 0 saturated heterocycles. The smallest absolute Gasteiger partial charge is 0.0743 e. The molecule has 1 aromatic heterocycles. The molecule has 0 aliphatic heterocycles. The Kier molecular flexibility index (Phi) is 5.56. The molecule has 1 N–H and O–H groups in total. The first-order chi connectivity index (χ1) is 10.0. The number of halogens is 1. The number of nitrogens with zero attached hydrogens (tertiary/aromatic N) is 2. The number of nitrogens with one attached hydrogen (secondary N) is 1. The summed E-state index contributed by atoms with van der Waals surface area (Å²) in [6, 6.07) is 6.46. The van der Waals surface area contributed by atoms with Gasteiger partial charge in [0.25, 0.3) is 0 Å². The number of aryl methyl sites for hydroxylation is 2. The van der Waals surface area contributed by atoms with Crippen molar-refractivity contribution in [2.75, 3.05) is 20.3 Å². The van der Waals surface area contributed by atoms with Gasteiger partial charge in [-0.3, -0.25) is 0 Å². The van der Waals surface area contributed by atoms with Gasteiger partial charge < -0.3 is 10.1 Å². The minimum atomic E-state index is 0.715. The number of rotatable bonds is 6. The predicted octanol–water partition coefficient (Wildman–Crippen LogP) is 3.30. The molecule has 114 valence electrons. The molecule has 2 aromatic rings. The Hall–Kier alpha value is -1.17. The van der Waals surface area contributed by atoms with Crippen molar-refractivity contribution >= 4 is 15.9 Å². The highest BCUT2D eigenvalue weighted by Crippen LogP contribution is 2.25. The third-order valence-electron chi connectivity index (χ3n) is 3.46. The summed E-state index contributed by atoms with van der Waals surface area (Å²) in [7, 11) is 1.72. The lowest BCUT2D eigenvalue weighted by Gasteiger charge is -2.13. The Balaban J connectivity index is 2.32. The third-order valence-corrected chi connectivity index (χ3v) is 4.61. The Labute approximate surface area is 134 Å².